The molecule has 6 heteroatoms. The number of hydrogen-bond acceptors (Lipinski definition) is 4. The molecule has 2 N–H and O–H groups in total. The zero-order valence-corrected chi connectivity index (χ0v) is 18.2. The van der Waals surface area contributed by atoms with Crippen molar-refractivity contribution in [1.29, 1.82) is 0 Å². The maximum absolute atomic E-state index is 12.8. The Labute approximate surface area is 175 Å². The average Bonchev–Trinajstić information content (AvgIpc) is 2.74. The number of nitrogens with one attached hydrogen (secondary N) is 2. The number of ether oxygens (including phenoxy) is 1. The molecule has 162 valence electrons. The van der Waals surface area contributed by atoms with E-state index < -0.39 is 0 Å². The Morgan fingerprint density at radius 1 is 1.21 bits per heavy atom. The lowest BCUT2D eigenvalue weighted by Crippen LogP contribution is -2.50. The van der Waals surface area contributed by atoms with Gasteiger partial charge in [0.1, 0.15) is 5.75 Å². The van der Waals surface area contributed by atoms with E-state index in [1.54, 1.807) is 0 Å². The number of benzene rings is 1. The molecule has 0 spiro atoms. The Kier molecular flexibility index (Phi) is 9.98. The molecule has 1 aromatic carbocycles. The van der Waals surface area contributed by atoms with E-state index in [-0.39, 0.29) is 23.8 Å². The first-order chi connectivity index (χ1) is 14.1. The number of nitrogens with zero attached hydrogens (tertiary/aromatic N) is 1. The van der Waals surface area contributed by atoms with Crippen LogP contribution in [0.15, 0.2) is 24.3 Å². The summed E-state index contributed by atoms with van der Waals surface area (Å²) in [4.78, 5) is 27.4. The smallest absolute Gasteiger partial charge is 0.241 e. The molecule has 29 heavy (non-hydrogen) atoms. The van der Waals surface area contributed by atoms with Gasteiger partial charge < -0.3 is 15.4 Å². The molecule has 1 aliphatic heterocycles. The topological polar surface area (TPSA) is 70.7 Å². The van der Waals surface area contributed by atoms with E-state index in [4.69, 9.17) is 4.74 Å². The van der Waals surface area contributed by atoms with Crippen molar-refractivity contribution in [2.75, 3.05) is 31.6 Å². The predicted molar refractivity (Wildman–Crippen MR) is 117 cm³/mol. The summed E-state index contributed by atoms with van der Waals surface area (Å²) in [6, 6.07) is 7.17. The molecule has 1 aromatic rings. The molecule has 2 atom stereocenters. The molecular weight excluding hydrogens is 366 g/mol. The van der Waals surface area contributed by atoms with Crippen molar-refractivity contribution in [2.24, 2.45) is 5.92 Å². The fraction of sp³-hybridized carbons (Fsp3) is 0.652. The van der Waals surface area contributed by atoms with Gasteiger partial charge in [-0.15, -0.1) is 0 Å². The Morgan fingerprint density at radius 3 is 2.76 bits per heavy atom. The Morgan fingerprint density at radius 2 is 2.00 bits per heavy atom. The van der Waals surface area contributed by atoms with Crippen molar-refractivity contribution in [3.8, 4) is 5.75 Å². The van der Waals surface area contributed by atoms with Crippen LogP contribution >= 0.6 is 0 Å². The molecule has 2 rings (SSSR count). The number of hydrogen-bond donors (Lipinski definition) is 2. The van der Waals surface area contributed by atoms with Crippen LogP contribution in [0, 0.1) is 5.92 Å². The van der Waals surface area contributed by atoms with Gasteiger partial charge in [0.25, 0.3) is 0 Å². The lowest BCUT2D eigenvalue weighted by Gasteiger charge is -2.35. The van der Waals surface area contributed by atoms with Crippen LogP contribution in [0.1, 0.15) is 59.3 Å². The highest BCUT2D eigenvalue weighted by Gasteiger charge is 2.31. The number of carbonyl (C=O) groups excluding carboxylic acids is 2. The number of para-hydroxylation sites is 2. The fourth-order valence-electron chi connectivity index (χ4n) is 3.73. The van der Waals surface area contributed by atoms with Gasteiger partial charge in [-0.25, -0.2) is 0 Å². The maximum Gasteiger partial charge on any atom is 0.241 e. The predicted octanol–water partition coefficient (Wildman–Crippen LogP) is 3.82. The molecule has 0 bridgehead atoms. The summed E-state index contributed by atoms with van der Waals surface area (Å²) in [6.45, 7) is 8.77. The van der Waals surface area contributed by atoms with Gasteiger partial charge in [0.15, 0.2) is 0 Å². The third-order valence-corrected chi connectivity index (χ3v) is 5.53. The summed E-state index contributed by atoms with van der Waals surface area (Å²) in [6.07, 6.45) is 6.43. The van der Waals surface area contributed by atoms with Crippen molar-refractivity contribution in [3.05, 3.63) is 24.3 Å². The summed E-state index contributed by atoms with van der Waals surface area (Å²) >= 11 is 0. The highest BCUT2D eigenvalue weighted by atomic mass is 16.5. The van der Waals surface area contributed by atoms with E-state index in [9.17, 15) is 9.59 Å². The van der Waals surface area contributed by atoms with Gasteiger partial charge in [-0.3, -0.25) is 14.5 Å². The third-order valence-electron chi connectivity index (χ3n) is 5.53. The first kappa shape index (κ1) is 23.2. The minimum absolute atomic E-state index is 0.0408. The molecule has 0 saturated carbocycles. The molecular formula is C23H37N3O3. The van der Waals surface area contributed by atoms with Crippen LogP contribution in [0.3, 0.4) is 0 Å². The van der Waals surface area contributed by atoms with E-state index in [1.165, 1.54) is 12.8 Å². The maximum atomic E-state index is 12.8. The minimum atomic E-state index is -0.301. The van der Waals surface area contributed by atoms with Crippen LogP contribution in [0.25, 0.3) is 0 Å². The third kappa shape index (κ3) is 7.35. The average molecular weight is 404 g/mol. The second-order valence-corrected chi connectivity index (χ2v) is 7.78. The summed E-state index contributed by atoms with van der Waals surface area (Å²) in [5, 5.41) is 6.06. The van der Waals surface area contributed by atoms with Crippen LogP contribution in [0.5, 0.6) is 5.75 Å². The van der Waals surface area contributed by atoms with Gasteiger partial charge in [-0.1, -0.05) is 38.3 Å². The van der Waals surface area contributed by atoms with Crippen LogP contribution in [-0.4, -0.2) is 49.0 Å². The van der Waals surface area contributed by atoms with Gasteiger partial charge >= 0.3 is 0 Å². The second kappa shape index (κ2) is 12.5. The van der Waals surface area contributed by atoms with Gasteiger partial charge in [-0.2, -0.15) is 0 Å². The van der Waals surface area contributed by atoms with Crippen molar-refractivity contribution in [1.82, 2.24) is 10.2 Å². The van der Waals surface area contributed by atoms with Crippen LogP contribution in [0.4, 0.5) is 5.69 Å². The lowest BCUT2D eigenvalue weighted by atomic mass is 9.95. The molecule has 6 nitrogen and oxygen atoms in total. The summed E-state index contributed by atoms with van der Waals surface area (Å²) in [7, 11) is 0. The standard InChI is InChI=1S/C23H37N3O3/c1-4-6-7-10-15-24-23(28)19-12-11-16-26(17-19)18(3)22(27)25-20-13-8-9-14-21(20)29-5-2/h8-9,13-14,18-19H,4-7,10-12,15-17H2,1-3H3,(H,24,28)(H,25,27). The van der Waals surface area contributed by atoms with E-state index in [1.807, 2.05) is 38.1 Å². The molecule has 0 radical (unpaired) electrons. The van der Waals surface area contributed by atoms with E-state index >= 15 is 0 Å². The van der Waals surface area contributed by atoms with E-state index in [2.05, 4.69) is 22.5 Å². The molecule has 2 amide bonds. The number of anilines is 1. The van der Waals surface area contributed by atoms with Gasteiger partial charge in [0.2, 0.25) is 11.8 Å². The molecule has 1 heterocycles. The number of piperidine rings is 1. The van der Waals surface area contributed by atoms with Gasteiger partial charge in [-0.05, 0) is 51.8 Å². The fourth-order valence-corrected chi connectivity index (χ4v) is 3.73. The van der Waals surface area contributed by atoms with Gasteiger partial charge in [0.05, 0.1) is 24.3 Å². The quantitative estimate of drug-likeness (QED) is 0.551. The molecule has 0 aliphatic carbocycles. The number of likely N-dealkylation sites (tertiary alicyclic amines) is 1. The lowest BCUT2D eigenvalue weighted by molar-refractivity contribution is -0.129. The number of carbonyl (C=O) groups is 2. The highest BCUT2D eigenvalue weighted by molar-refractivity contribution is 5.95. The van der Waals surface area contributed by atoms with Crippen LogP contribution in [-0.2, 0) is 9.59 Å². The molecule has 1 aliphatic rings. The second-order valence-electron chi connectivity index (χ2n) is 7.78. The number of amides is 2. The minimum Gasteiger partial charge on any atom is -0.492 e. The highest BCUT2D eigenvalue weighted by Crippen LogP contribution is 2.25. The zero-order valence-electron chi connectivity index (χ0n) is 18.2. The Balaban J connectivity index is 1.86. The van der Waals surface area contributed by atoms with E-state index in [0.29, 0.717) is 24.6 Å². The summed E-state index contributed by atoms with van der Waals surface area (Å²) in [5.41, 5.74) is 0.685. The summed E-state index contributed by atoms with van der Waals surface area (Å²) < 4.78 is 5.59. The molecule has 0 aromatic heterocycles. The molecule has 2 unspecified atom stereocenters. The number of rotatable bonds is 11. The van der Waals surface area contributed by atoms with E-state index in [0.717, 1.165) is 38.8 Å². The first-order valence-corrected chi connectivity index (χ1v) is 11.1. The molecule has 1 saturated heterocycles. The summed E-state index contributed by atoms with van der Waals surface area (Å²) in [5.74, 6) is 0.689. The Bertz CT molecular complexity index is 650. The van der Waals surface area contributed by atoms with Crippen molar-refractivity contribution < 1.29 is 14.3 Å². The normalized spacial score (nSPS) is 18.1. The van der Waals surface area contributed by atoms with Crippen molar-refractivity contribution in [3.63, 3.8) is 0 Å². The largest absolute Gasteiger partial charge is 0.492 e. The first-order valence-electron chi connectivity index (χ1n) is 11.1. The van der Waals surface area contributed by atoms with Crippen molar-refractivity contribution >= 4 is 17.5 Å². The van der Waals surface area contributed by atoms with Crippen LogP contribution < -0.4 is 15.4 Å². The SMILES string of the molecule is CCCCCCNC(=O)C1CCCN(C(C)C(=O)Nc2ccccc2OCC)C1. The zero-order chi connectivity index (χ0) is 21.1. The van der Waals surface area contributed by atoms with Crippen molar-refractivity contribution in [2.45, 2.75) is 65.3 Å². The van der Waals surface area contributed by atoms with Gasteiger partial charge in [0, 0.05) is 13.1 Å². The Hall–Kier alpha value is -2.08. The number of unbranched alkanes of at least 4 members (excludes halogenated alkanes) is 3. The molecule has 1 fully saturated rings. The monoisotopic (exact) mass is 403 g/mol. The van der Waals surface area contributed by atoms with Crippen LogP contribution in [0.2, 0.25) is 0 Å².